The first-order chi connectivity index (χ1) is 7.24. The Morgan fingerprint density at radius 3 is 2.53 bits per heavy atom. The summed E-state index contributed by atoms with van der Waals surface area (Å²) >= 11 is 0. The summed E-state index contributed by atoms with van der Waals surface area (Å²) in [6, 6.07) is 9.14. The van der Waals surface area contributed by atoms with E-state index in [0.29, 0.717) is 6.41 Å². The summed E-state index contributed by atoms with van der Waals surface area (Å²) in [6.45, 7) is 1.79. The summed E-state index contributed by atoms with van der Waals surface area (Å²) in [6.07, 6.45) is -0.425. The van der Waals surface area contributed by atoms with Gasteiger partial charge in [-0.05, 0) is 12.5 Å². The second kappa shape index (κ2) is 3.73. The molecule has 0 unspecified atom stereocenters. The molecule has 2 amide bonds. The lowest BCUT2D eigenvalue weighted by molar-refractivity contribution is -0.116. The minimum absolute atomic E-state index is 0.252. The maximum absolute atomic E-state index is 11.3. The topological polar surface area (TPSA) is 46.6 Å². The minimum Gasteiger partial charge on any atom is -0.439 e. The normalized spacial score (nSPS) is 25.1. The zero-order chi connectivity index (χ0) is 10.8. The maximum atomic E-state index is 11.3. The molecule has 0 saturated carbocycles. The number of hydrogen-bond donors (Lipinski definition) is 0. The number of benzene rings is 1. The SMILES string of the molecule is C[C@@H]1[C@H](c2ccccc2)OC(=O)N1C=O. The first-order valence-electron chi connectivity index (χ1n) is 4.73. The monoisotopic (exact) mass is 205 g/mol. The van der Waals surface area contributed by atoms with Gasteiger partial charge in [0.25, 0.3) is 0 Å². The standard InChI is InChI=1S/C11H11NO3/c1-8-10(9-5-3-2-4-6-9)15-11(14)12(8)7-13/h2-8,10H,1H3/t8-,10-/m1/s1. The number of nitrogens with zero attached hydrogens (tertiary/aromatic N) is 1. The van der Waals surface area contributed by atoms with E-state index in [4.69, 9.17) is 4.74 Å². The fraction of sp³-hybridized carbons (Fsp3) is 0.273. The molecule has 0 aromatic heterocycles. The van der Waals surface area contributed by atoms with Crippen LogP contribution in [0, 0.1) is 0 Å². The molecule has 1 saturated heterocycles. The lowest BCUT2D eigenvalue weighted by Crippen LogP contribution is -2.30. The number of amides is 2. The van der Waals surface area contributed by atoms with E-state index in [9.17, 15) is 9.59 Å². The zero-order valence-electron chi connectivity index (χ0n) is 8.29. The van der Waals surface area contributed by atoms with Crippen molar-refractivity contribution in [2.45, 2.75) is 19.1 Å². The van der Waals surface area contributed by atoms with Crippen molar-refractivity contribution in [2.75, 3.05) is 0 Å². The molecular weight excluding hydrogens is 194 g/mol. The molecule has 2 rings (SSSR count). The highest BCUT2D eigenvalue weighted by Crippen LogP contribution is 2.30. The largest absolute Gasteiger partial charge is 0.439 e. The zero-order valence-corrected chi connectivity index (χ0v) is 8.29. The Morgan fingerprint density at radius 2 is 2.00 bits per heavy atom. The van der Waals surface area contributed by atoms with Crippen molar-refractivity contribution in [3.05, 3.63) is 35.9 Å². The van der Waals surface area contributed by atoms with Gasteiger partial charge in [-0.15, -0.1) is 0 Å². The van der Waals surface area contributed by atoms with E-state index in [1.807, 2.05) is 30.3 Å². The molecule has 1 fully saturated rings. The Morgan fingerprint density at radius 1 is 1.33 bits per heavy atom. The molecule has 0 N–H and O–H groups in total. The Hall–Kier alpha value is -1.84. The number of ether oxygens (including phenoxy) is 1. The van der Waals surface area contributed by atoms with Crippen LogP contribution in [0.4, 0.5) is 4.79 Å². The van der Waals surface area contributed by atoms with E-state index < -0.39 is 6.09 Å². The third-order valence-electron chi connectivity index (χ3n) is 2.56. The highest BCUT2D eigenvalue weighted by Gasteiger charge is 2.39. The molecule has 0 bridgehead atoms. The molecule has 1 aliphatic heterocycles. The Kier molecular flexibility index (Phi) is 2.41. The number of carbonyl (C=O) groups is 2. The van der Waals surface area contributed by atoms with E-state index in [1.54, 1.807) is 6.92 Å². The second-order valence-electron chi connectivity index (χ2n) is 3.47. The fourth-order valence-electron chi connectivity index (χ4n) is 1.71. The van der Waals surface area contributed by atoms with Crippen molar-refractivity contribution >= 4 is 12.5 Å². The number of imide groups is 1. The van der Waals surface area contributed by atoms with Gasteiger partial charge in [-0.3, -0.25) is 4.79 Å². The van der Waals surface area contributed by atoms with Crippen molar-refractivity contribution in [3.63, 3.8) is 0 Å². The third-order valence-corrected chi connectivity index (χ3v) is 2.56. The van der Waals surface area contributed by atoms with Gasteiger partial charge in [-0.1, -0.05) is 30.3 Å². The molecule has 2 atom stereocenters. The van der Waals surface area contributed by atoms with Crippen LogP contribution in [0.1, 0.15) is 18.6 Å². The number of cyclic esters (lactones) is 1. The van der Waals surface area contributed by atoms with E-state index in [-0.39, 0.29) is 12.1 Å². The van der Waals surface area contributed by atoms with Crippen LogP contribution < -0.4 is 0 Å². The molecule has 1 aromatic rings. The summed E-state index contributed by atoms with van der Waals surface area (Å²) < 4.78 is 5.12. The molecule has 0 spiro atoms. The molecule has 4 heteroatoms. The Balaban J connectivity index is 2.27. The lowest BCUT2D eigenvalue weighted by Gasteiger charge is -2.15. The molecule has 78 valence electrons. The molecule has 0 aliphatic carbocycles. The first kappa shape index (κ1) is 9.71. The van der Waals surface area contributed by atoms with Crippen molar-refractivity contribution < 1.29 is 14.3 Å². The highest BCUT2D eigenvalue weighted by atomic mass is 16.6. The summed E-state index contributed by atoms with van der Waals surface area (Å²) in [4.78, 5) is 23.0. The van der Waals surface area contributed by atoms with Gasteiger partial charge in [0.1, 0.15) is 6.10 Å². The first-order valence-corrected chi connectivity index (χ1v) is 4.73. The molecule has 0 radical (unpaired) electrons. The van der Waals surface area contributed by atoms with Crippen molar-refractivity contribution in [3.8, 4) is 0 Å². The van der Waals surface area contributed by atoms with Crippen LogP contribution >= 0.6 is 0 Å². The number of carbonyl (C=O) groups excluding carboxylic acids is 2. The molecular formula is C11H11NO3. The summed E-state index contributed by atoms with van der Waals surface area (Å²) in [7, 11) is 0. The van der Waals surface area contributed by atoms with Gasteiger partial charge < -0.3 is 4.74 Å². The molecule has 15 heavy (non-hydrogen) atoms. The molecule has 4 nitrogen and oxygen atoms in total. The van der Waals surface area contributed by atoms with Crippen molar-refractivity contribution in [1.29, 1.82) is 0 Å². The average molecular weight is 205 g/mol. The van der Waals surface area contributed by atoms with Crippen molar-refractivity contribution in [1.82, 2.24) is 4.90 Å². The predicted octanol–water partition coefficient (Wildman–Crippen LogP) is 1.72. The van der Waals surface area contributed by atoms with Gasteiger partial charge >= 0.3 is 6.09 Å². The van der Waals surface area contributed by atoms with Crippen molar-refractivity contribution in [2.24, 2.45) is 0 Å². The van der Waals surface area contributed by atoms with Gasteiger partial charge in [-0.2, -0.15) is 0 Å². The van der Waals surface area contributed by atoms with E-state index >= 15 is 0 Å². The summed E-state index contributed by atoms with van der Waals surface area (Å²) in [5.74, 6) is 0. The van der Waals surface area contributed by atoms with Gasteiger partial charge in [0.05, 0.1) is 6.04 Å². The maximum Gasteiger partial charge on any atom is 0.417 e. The Labute approximate surface area is 87.4 Å². The smallest absolute Gasteiger partial charge is 0.417 e. The summed E-state index contributed by atoms with van der Waals surface area (Å²) in [5.41, 5.74) is 0.905. The van der Waals surface area contributed by atoms with Gasteiger partial charge in [0.15, 0.2) is 0 Å². The third kappa shape index (κ3) is 1.58. The van der Waals surface area contributed by atoms with Gasteiger partial charge in [-0.25, -0.2) is 9.69 Å². The van der Waals surface area contributed by atoms with Crippen LogP contribution in [0.25, 0.3) is 0 Å². The predicted molar refractivity (Wildman–Crippen MR) is 53.0 cm³/mol. The second-order valence-corrected chi connectivity index (χ2v) is 3.47. The highest BCUT2D eigenvalue weighted by molar-refractivity contribution is 5.83. The van der Waals surface area contributed by atoms with Crippen LogP contribution in [0.5, 0.6) is 0 Å². The summed E-state index contributed by atoms with van der Waals surface area (Å²) in [5, 5.41) is 0. The van der Waals surface area contributed by atoms with Crippen LogP contribution in [-0.2, 0) is 9.53 Å². The van der Waals surface area contributed by atoms with E-state index in [2.05, 4.69) is 0 Å². The van der Waals surface area contributed by atoms with Crippen LogP contribution in [0.15, 0.2) is 30.3 Å². The van der Waals surface area contributed by atoms with E-state index in [0.717, 1.165) is 10.5 Å². The minimum atomic E-state index is -0.577. The quantitative estimate of drug-likeness (QED) is 0.691. The molecule has 1 aromatic carbocycles. The Bertz CT molecular complexity index is 377. The van der Waals surface area contributed by atoms with Gasteiger partial charge in [0, 0.05) is 0 Å². The van der Waals surface area contributed by atoms with E-state index in [1.165, 1.54) is 0 Å². The van der Waals surface area contributed by atoms with Gasteiger partial charge in [0.2, 0.25) is 6.41 Å². The van der Waals surface area contributed by atoms with Crippen LogP contribution in [0.3, 0.4) is 0 Å². The van der Waals surface area contributed by atoms with Crippen LogP contribution in [-0.4, -0.2) is 23.4 Å². The number of hydrogen-bond acceptors (Lipinski definition) is 3. The lowest BCUT2D eigenvalue weighted by atomic mass is 10.0. The average Bonchev–Trinajstić information content (AvgIpc) is 2.55. The molecule has 1 heterocycles. The number of rotatable bonds is 2. The van der Waals surface area contributed by atoms with Crippen LogP contribution in [0.2, 0.25) is 0 Å². The molecule has 1 aliphatic rings. The fourth-order valence-corrected chi connectivity index (χ4v) is 1.71.